The molecule has 0 aliphatic heterocycles. The average molecular weight is 291 g/mol. The van der Waals surface area contributed by atoms with Crippen molar-refractivity contribution in [1.29, 1.82) is 0 Å². The quantitative estimate of drug-likeness (QED) is 0.910. The zero-order chi connectivity index (χ0) is 13.2. The molecule has 1 saturated carbocycles. The van der Waals surface area contributed by atoms with Crippen molar-refractivity contribution in [1.82, 2.24) is 5.32 Å². The van der Waals surface area contributed by atoms with Crippen LogP contribution in [0, 0.1) is 5.92 Å². The smallest absolute Gasteiger partial charge is 0.251 e. The molecule has 1 aliphatic carbocycles. The first-order chi connectivity index (χ1) is 9.25. The Morgan fingerprint density at radius 2 is 1.90 bits per heavy atom. The summed E-state index contributed by atoms with van der Waals surface area (Å²) >= 11 is 0. The lowest BCUT2D eigenvalue weighted by atomic mass is 10.0. The monoisotopic (exact) mass is 290 g/mol. The highest BCUT2D eigenvalue weighted by Gasteiger charge is 2.28. The van der Waals surface area contributed by atoms with Crippen LogP contribution in [0.4, 0.5) is 0 Å². The van der Waals surface area contributed by atoms with E-state index in [1.165, 1.54) is 12.8 Å². The minimum atomic E-state index is -0.0344. The number of fused-ring (bicyclic) bond motifs is 1. The molecule has 0 aromatic heterocycles. The van der Waals surface area contributed by atoms with Crippen molar-refractivity contribution in [2.45, 2.75) is 18.9 Å². The number of nitrogens with two attached hydrogens (primary N) is 1. The van der Waals surface area contributed by atoms with E-state index in [2.05, 4.69) is 5.32 Å². The Bertz CT molecular complexity index is 605. The van der Waals surface area contributed by atoms with Gasteiger partial charge < -0.3 is 11.1 Å². The summed E-state index contributed by atoms with van der Waals surface area (Å²) < 4.78 is 0. The standard InChI is InChI=1S/C16H18N2O.ClH/c17-15(12-8-9-12)10-18-16(19)14-7-3-5-11-4-1-2-6-13(11)14;/h1-7,12,15H,8-10,17H2,(H,18,19);1H. The fourth-order valence-corrected chi connectivity index (χ4v) is 2.42. The fourth-order valence-electron chi connectivity index (χ4n) is 2.42. The Labute approximate surface area is 125 Å². The first kappa shape index (κ1) is 14.8. The van der Waals surface area contributed by atoms with Gasteiger partial charge >= 0.3 is 0 Å². The summed E-state index contributed by atoms with van der Waals surface area (Å²) in [5.74, 6) is 0.570. The molecule has 1 aliphatic rings. The number of hydrogen-bond acceptors (Lipinski definition) is 2. The SMILES string of the molecule is Cl.NC(CNC(=O)c1cccc2ccccc12)C1CC1. The van der Waals surface area contributed by atoms with Gasteiger partial charge in [-0.15, -0.1) is 12.4 Å². The third-order valence-corrected chi connectivity index (χ3v) is 3.76. The van der Waals surface area contributed by atoms with Crippen molar-refractivity contribution >= 4 is 29.1 Å². The van der Waals surface area contributed by atoms with Crippen LogP contribution in [-0.4, -0.2) is 18.5 Å². The molecule has 1 atom stereocenters. The Morgan fingerprint density at radius 1 is 1.20 bits per heavy atom. The summed E-state index contributed by atoms with van der Waals surface area (Å²) in [5, 5.41) is 5.02. The molecule has 0 saturated heterocycles. The van der Waals surface area contributed by atoms with Gasteiger partial charge in [0.2, 0.25) is 0 Å². The first-order valence-electron chi connectivity index (χ1n) is 6.77. The largest absolute Gasteiger partial charge is 0.350 e. The highest BCUT2D eigenvalue weighted by Crippen LogP contribution is 2.31. The van der Waals surface area contributed by atoms with E-state index >= 15 is 0 Å². The van der Waals surface area contributed by atoms with Gasteiger partial charge in [0.25, 0.3) is 5.91 Å². The molecule has 3 rings (SSSR count). The lowest BCUT2D eigenvalue weighted by molar-refractivity contribution is 0.0952. The zero-order valence-corrected chi connectivity index (χ0v) is 12.0. The van der Waals surface area contributed by atoms with E-state index in [0.29, 0.717) is 12.5 Å². The van der Waals surface area contributed by atoms with Gasteiger partial charge in [0.05, 0.1) is 0 Å². The minimum absolute atomic E-state index is 0. The summed E-state index contributed by atoms with van der Waals surface area (Å²) in [4.78, 5) is 12.2. The topological polar surface area (TPSA) is 55.1 Å². The van der Waals surface area contributed by atoms with Crippen molar-refractivity contribution < 1.29 is 4.79 Å². The predicted octanol–water partition coefficient (Wildman–Crippen LogP) is 2.73. The summed E-state index contributed by atoms with van der Waals surface area (Å²) in [7, 11) is 0. The zero-order valence-electron chi connectivity index (χ0n) is 11.2. The molecule has 3 nitrogen and oxygen atoms in total. The first-order valence-corrected chi connectivity index (χ1v) is 6.77. The third-order valence-electron chi connectivity index (χ3n) is 3.76. The van der Waals surface area contributed by atoms with E-state index in [9.17, 15) is 4.79 Å². The Morgan fingerprint density at radius 3 is 2.65 bits per heavy atom. The second kappa shape index (κ2) is 6.25. The normalized spacial score (nSPS) is 15.4. The maximum Gasteiger partial charge on any atom is 0.251 e. The van der Waals surface area contributed by atoms with Gasteiger partial charge in [-0.3, -0.25) is 4.79 Å². The lowest BCUT2D eigenvalue weighted by Gasteiger charge is -2.12. The average Bonchev–Trinajstić information content (AvgIpc) is 3.28. The lowest BCUT2D eigenvalue weighted by Crippen LogP contribution is -2.38. The number of benzene rings is 2. The Kier molecular flexibility index (Phi) is 4.63. The molecule has 1 fully saturated rings. The van der Waals surface area contributed by atoms with Gasteiger partial charge in [0.1, 0.15) is 0 Å². The van der Waals surface area contributed by atoms with Crippen LogP contribution >= 0.6 is 12.4 Å². The number of nitrogens with one attached hydrogen (secondary N) is 1. The van der Waals surface area contributed by atoms with Crippen LogP contribution in [0.15, 0.2) is 42.5 Å². The number of hydrogen-bond donors (Lipinski definition) is 2. The second-order valence-electron chi connectivity index (χ2n) is 5.24. The number of carbonyl (C=O) groups is 1. The third kappa shape index (κ3) is 3.11. The number of amides is 1. The molecule has 106 valence electrons. The number of rotatable bonds is 4. The highest BCUT2D eigenvalue weighted by atomic mass is 35.5. The van der Waals surface area contributed by atoms with E-state index < -0.39 is 0 Å². The number of halogens is 1. The molecule has 0 bridgehead atoms. The van der Waals surface area contributed by atoms with Crippen molar-refractivity contribution in [3.63, 3.8) is 0 Å². The second-order valence-corrected chi connectivity index (χ2v) is 5.24. The van der Waals surface area contributed by atoms with Gasteiger partial charge in [-0.05, 0) is 35.6 Å². The van der Waals surface area contributed by atoms with Crippen LogP contribution in [0.25, 0.3) is 10.8 Å². The summed E-state index contributed by atoms with van der Waals surface area (Å²) in [5.41, 5.74) is 6.73. The predicted molar refractivity (Wildman–Crippen MR) is 84.2 cm³/mol. The molecule has 3 N–H and O–H groups in total. The van der Waals surface area contributed by atoms with E-state index in [-0.39, 0.29) is 24.4 Å². The van der Waals surface area contributed by atoms with Crippen molar-refractivity contribution in [2.75, 3.05) is 6.54 Å². The molecule has 4 heteroatoms. The van der Waals surface area contributed by atoms with E-state index in [1.807, 2.05) is 42.5 Å². The highest BCUT2D eigenvalue weighted by molar-refractivity contribution is 6.06. The van der Waals surface area contributed by atoms with Crippen LogP contribution in [0.5, 0.6) is 0 Å². The van der Waals surface area contributed by atoms with E-state index in [4.69, 9.17) is 5.73 Å². The van der Waals surface area contributed by atoms with E-state index in [0.717, 1.165) is 16.3 Å². The summed E-state index contributed by atoms with van der Waals surface area (Å²) in [6.07, 6.45) is 2.40. The van der Waals surface area contributed by atoms with Gasteiger partial charge in [-0.1, -0.05) is 36.4 Å². The van der Waals surface area contributed by atoms with Gasteiger partial charge in [-0.2, -0.15) is 0 Å². The van der Waals surface area contributed by atoms with Crippen molar-refractivity contribution in [3.05, 3.63) is 48.0 Å². The van der Waals surface area contributed by atoms with Crippen molar-refractivity contribution in [2.24, 2.45) is 11.7 Å². The fraction of sp³-hybridized carbons (Fsp3) is 0.312. The van der Waals surface area contributed by atoms with Crippen molar-refractivity contribution in [3.8, 4) is 0 Å². The Hall–Kier alpha value is -1.58. The van der Waals surface area contributed by atoms with Gasteiger partial charge in [0.15, 0.2) is 0 Å². The maximum absolute atomic E-state index is 12.2. The molecule has 1 unspecified atom stereocenters. The molecule has 20 heavy (non-hydrogen) atoms. The Balaban J connectivity index is 0.00000147. The van der Waals surface area contributed by atoms with Gasteiger partial charge in [0, 0.05) is 18.2 Å². The molecule has 2 aromatic carbocycles. The van der Waals surface area contributed by atoms with Crippen LogP contribution < -0.4 is 11.1 Å². The number of carbonyl (C=O) groups excluding carboxylic acids is 1. The molecule has 2 aromatic rings. The molecule has 0 heterocycles. The minimum Gasteiger partial charge on any atom is -0.350 e. The molecule has 1 amide bonds. The summed E-state index contributed by atoms with van der Waals surface area (Å²) in [6, 6.07) is 13.8. The van der Waals surface area contributed by atoms with Gasteiger partial charge in [-0.25, -0.2) is 0 Å². The van der Waals surface area contributed by atoms with Crippen LogP contribution in [0.2, 0.25) is 0 Å². The van der Waals surface area contributed by atoms with Crippen LogP contribution in [-0.2, 0) is 0 Å². The van der Waals surface area contributed by atoms with Crippen LogP contribution in [0.1, 0.15) is 23.2 Å². The van der Waals surface area contributed by atoms with E-state index in [1.54, 1.807) is 0 Å². The molecular weight excluding hydrogens is 272 g/mol. The maximum atomic E-state index is 12.2. The summed E-state index contributed by atoms with van der Waals surface area (Å²) in [6.45, 7) is 0.562. The molecular formula is C16H19ClN2O. The molecule has 0 spiro atoms. The van der Waals surface area contributed by atoms with Crippen LogP contribution in [0.3, 0.4) is 0 Å². The molecule has 0 radical (unpaired) electrons.